The van der Waals surface area contributed by atoms with Gasteiger partial charge in [0.25, 0.3) is 0 Å². The van der Waals surface area contributed by atoms with E-state index in [-0.39, 0.29) is 0 Å². The van der Waals surface area contributed by atoms with Crippen molar-refractivity contribution in [3.05, 3.63) is 42.6 Å². The van der Waals surface area contributed by atoms with Gasteiger partial charge in [0.1, 0.15) is 0 Å². The van der Waals surface area contributed by atoms with Gasteiger partial charge in [-0.2, -0.15) is 0 Å². The summed E-state index contributed by atoms with van der Waals surface area (Å²) in [6, 6.07) is 9.86. The zero-order chi connectivity index (χ0) is 8.93. The molecule has 0 N–H and O–H groups in total. The van der Waals surface area contributed by atoms with Crippen LogP contribution in [0, 0.1) is 0 Å². The molecule has 0 atom stereocenters. The van der Waals surface area contributed by atoms with Crippen molar-refractivity contribution in [1.29, 1.82) is 0 Å². The number of hydrogen-bond donors (Lipinski definition) is 0. The van der Waals surface area contributed by atoms with Gasteiger partial charge in [-0.1, -0.05) is 24.3 Å². The second kappa shape index (κ2) is 3.99. The van der Waals surface area contributed by atoms with E-state index in [0.29, 0.717) is 0 Å². The molecule has 0 saturated heterocycles. The lowest BCUT2D eigenvalue weighted by atomic mass is 10.2. The Morgan fingerprint density at radius 1 is 1.15 bits per heavy atom. The monoisotopic (exact) mass is 175 g/mol. The third-order valence-electron chi connectivity index (χ3n) is 1.99. The van der Waals surface area contributed by atoms with Crippen LogP contribution in [0.4, 0.5) is 0 Å². The normalized spacial score (nSPS) is 15.8. The summed E-state index contributed by atoms with van der Waals surface area (Å²) in [4.78, 5) is 5.60. The van der Waals surface area contributed by atoms with E-state index < -0.39 is 0 Å². The number of para-hydroxylation sites is 1. The van der Waals surface area contributed by atoms with E-state index in [4.69, 9.17) is 4.84 Å². The first-order valence-corrected chi connectivity index (χ1v) is 4.61. The van der Waals surface area contributed by atoms with Gasteiger partial charge in [0.15, 0.2) is 5.75 Å². The second-order valence-corrected chi connectivity index (χ2v) is 3.07. The first-order valence-electron chi connectivity index (χ1n) is 4.61. The highest BCUT2D eigenvalue weighted by Gasteiger charge is 2.04. The van der Waals surface area contributed by atoms with Gasteiger partial charge >= 0.3 is 0 Å². The van der Waals surface area contributed by atoms with Crippen LogP contribution >= 0.6 is 0 Å². The Morgan fingerprint density at radius 2 is 2.00 bits per heavy atom. The van der Waals surface area contributed by atoms with Gasteiger partial charge < -0.3 is 4.84 Å². The molecule has 0 fully saturated rings. The quantitative estimate of drug-likeness (QED) is 0.685. The molecule has 1 heterocycles. The number of nitrogens with zero attached hydrogens (tertiary/aromatic N) is 1. The Kier molecular flexibility index (Phi) is 2.51. The van der Waals surface area contributed by atoms with Crippen molar-refractivity contribution in [2.45, 2.75) is 12.8 Å². The highest BCUT2D eigenvalue weighted by Crippen LogP contribution is 2.13. The molecule has 0 unspecified atom stereocenters. The SMILES string of the molecule is C1=CN(Oc2ccccc2)CCC1. The molecule has 0 saturated carbocycles. The molecule has 2 heteroatoms. The maximum Gasteiger partial charge on any atom is 0.155 e. The molecule has 68 valence electrons. The summed E-state index contributed by atoms with van der Waals surface area (Å²) in [5.74, 6) is 0.897. The van der Waals surface area contributed by atoms with Crippen molar-refractivity contribution in [1.82, 2.24) is 5.06 Å². The predicted octanol–water partition coefficient (Wildman–Crippen LogP) is 2.59. The molecule has 2 rings (SSSR count). The fraction of sp³-hybridized carbons (Fsp3) is 0.273. The van der Waals surface area contributed by atoms with Crippen molar-refractivity contribution in [3.63, 3.8) is 0 Å². The summed E-state index contributed by atoms with van der Waals surface area (Å²) < 4.78 is 0. The van der Waals surface area contributed by atoms with Crippen molar-refractivity contribution in [2.75, 3.05) is 6.54 Å². The van der Waals surface area contributed by atoms with Crippen molar-refractivity contribution < 1.29 is 4.84 Å². The average molecular weight is 175 g/mol. The summed E-state index contributed by atoms with van der Waals surface area (Å²) in [5.41, 5.74) is 0. The summed E-state index contributed by atoms with van der Waals surface area (Å²) in [5, 5.41) is 1.87. The van der Waals surface area contributed by atoms with Gasteiger partial charge in [-0.05, 0) is 25.0 Å². The Labute approximate surface area is 78.4 Å². The molecular weight excluding hydrogens is 162 g/mol. The lowest BCUT2D eigenvalue weighted by Crippen LogP contribution is -2.24. The topological polar surface area (TPSA) is 12.5 Å². The summed E-state index contributed by atoms with van der Waals surface area (Å²) >= 11 is 0. The Balaban J connectivity index is 1.98. The van der Waals surface area contributed by atoms with Crippen LogP contribution in [0.1, 0.15) is 12.8 Å². The smallest absolute Gasteiger partial charge is 0.155 e. The van der Waals surface area contributed by atoms with Crippen LogP contribution < -0.4 is 4.84 Å². The summed E-state index contributed by atoms with van der Waals surface area (Å²) in [6.45, 7) is 0.978. The number of allylic oxidation sites excluding steroid dienone is 1. The minimum absolute atomic E-state index is 0.897. The van der Waals surface area contributed by atoms with E-state index in [0.717, 1.165) is 18.7 Å². The molecular formula is C11H13NO. The molecule has 0 bridgehead atoms. The lowest BCUT2D eigenvalue weighted by Gasteiger charge is -2.22. The van der Waals surface area contributed by atoms with Crippen LogP contribution in [0.2, 0.25) is 0 Å². The molecule has 1 aliphatic rings. The summed E-state index contributed by atoms with van der Waals surface area (Å²) in [6.07, 6.45) is 6.46. The molecule has 13 heavy (non-hydrogen) atoms. The van der Waals surface area contributed by atoms with Crippen LogP contribution in [0.5, 0.6) is 5.75 Å². The van der Waals surface area contributed by atoms with Crippen LogP contribution in [0.25, 0.3) is 0 Å². The van der Waals surface area contributed by atoms with E-state index in [9.17, 15) is 0 Å². The number of rotatable bonds is 2. The minimum Gasteiger partial charge on any atom is -0.380 e. The molecule has 0 radical (unpaired) electrons. The van der Waals surface area contributed by atoms with E-state index >= 15 is 0 Å². The zero-order valence-corrected chi connectivity index (χ0v) is 7.52. The van der Waals surface area contributed by atoms with Gasteiger partial charge in [0, 0.05) is 6.20 Å². The minimum atomic E-state index is 0.897. The number of benzene rings is 1. The highest BCUT2D eigenvalue weighted by atomic mass is 16.7. The average Bonchev–Trinajstić information content (AvgIpc) is 2.21. The van der Waals surface area contributed by atoms with Gasteiger partial charge in [-0.15, -0.1) is 0 Å². The highest BCUT2D eigenvalue weighted by molar-refractivity contribution is 5.20. The van der Waals surface area contributed by atoms with Crippen molar-refractivity contribution in [2.24, 2.45) is 0 Å². The maximum absolute atomic E-state index is 5.60. The molecule has 1 aliphatic heterocycles. The van der Waals surface area contributed by atoms with Gasteiger partial charge in [-0.25, -0.2) is 5.06 Å². The lowest BCUT2D eigenvalue weighted by molar-refractivity contribution is -0.0124. The van der Waals surface area contributed by atoms with E-state index in [1.807, 2.05) is 41.6 Å². The Morgan fingerprint density at radius 3 is 2.69 bits per heavy atom. The third-order valence-corrected chi connectivity index (χ3v) is 1.99. The first-order chi connectivity index (χ1) is 6.45. The van der Waals surface area contributed by atoms with Gasteiger partial charge in [0.2, 0.25) is 0 Å². The molecule has 0 aromatic heterocycles. The van der Waals surface area contributed by atoms with Crippen molar-refractivity contribution >= 4 is 0 Å². The molecule has 0 aliphatic carbocycles. The number of hydroxylamine groups is 2. The van der Waals surface area contributed by atoms with Crippen LogP contribution in [-0.2, 0) is 0 Å². The van der Waals surface area contributed by atoms with E-state index in [1.54, 1.807) is 0 Å². The van der Waals surface area contributed by atoms with Crippen LogP contribution in [-0.4, -0.2) is 11.6 Å². The number of hydrogen-bond acceptors (Lipinski definition) is 2. The molecule has 0 amide bonds. The van der Waals surface area contributed by atoms with E-state index in [1.165, 1.54) is 6.42 Å². The van der Waals surface area contributed by atoms with Gasteiger partial charge in [-0.3, -0.25) is 0 Å². The fourth-order valence-electron chi connectivity index (χ4n) is 1.32. The van der Waals surface area contributed by atoms with Crippen LogP contribution in [0.15, 0.2) is 42.6 Å². The maximum atomic E-state index is 5.60. The molecule has 1 aromatic carbocycles. The predicted molar refractivity (Wildman–Crippen MR) is 52.2 cm³/mol. The standard InChI is InChI=1S/C11H13NO/c1-3-7-11(8-4-1)13-12-9-5-2-6-10-12/h1,3-5,7-9H,2,6,10H2. The zero-order valence-electron chi connectivity index (χ0n) is 7.52. The summed E-state index contributed by atoms with van der Waals surface area (Å²) in [7, 11) is 0. The fourth-order valence-corrected chi connectivity index (χ4v) is 1.32. The van der Waals surface area contributed by atoms with Crippen molar-refractivity contribution in [3.8, 4) is 5.75 Å². The molecule has 2 nitrogen and oxygen atoms in total. The molecule has 0 spiro atoms. The van der Waals surface area contributed by atoms with Crippen LogP contribution in [0.3, 0.4) is 0 Å². The Bertz CT molecular complexity index is 281. The van der Waals surface area contributed by atoms with E-state index in [2.05, 4.69) is 6.08 Å². The van der Waals surface area contributed by atoms with Gasteiger partial charge in [0.05, 0.1) is 6.54 Å². The Hall–Kier alpha value is -1.44. The molecule has 1 aromatic rings. The second-order valence-electron chi connectivity index (χ2n) is 3.07. The first kappa shape index (κ1) is 8.17. The third kappa shape index (κ3) is 2.25. The largest absolute Gasteiger partial charge is 0.380 e.